The number of halogens is 1. The van der Waals surface area contributed by atoms with Crippen molar-refractivity contribution < 1.29 is 4.74 Å². The maximum absolute atomic E-state index is 4.77. The van der Waals surface area contributed by atoms with E-state index in [-0.39, 0.29) is 0 Å². The number of rotatable bonds is 2. The first-order valence-electron chi connectivity index (χ1n) is 3.14. The highest BCUT2D eigenvalue weighted by Crippen LogP contribution is 2.13. The molecule has 0 amide bonds. The summed E-state index contributed by atoms with van der Waals surface area (Å²) in [5.41, 5.74) is 1.01. The summed E-state index contributed by atoms with van der Waals surface area (Å²) in [4.78, 5) is 4.04. The summed E-state index contributed by atoms with van der Waals surface area (Å²) >= 11 is 3.31. The zero-order chi connectivity index (χ0) is 8.10. The van der Waals surface area contributed by atoms with Crippen LogP contribution in [-0.4, -0.2) is 12.1 Å². The summed E-state index contributed by atoms with van der Waals surface area (Å²) in [6.45, 7) is 0. The van der Waals surface area contributed by atoms with Crippen LogP contribution in [0.2, 0.25) is 0 Å². The van der Waals surface area contributed by atoms with Crippen molar-refractivity contribution in [1.29, 1.82) is 0 Å². The van der Waals surface area contributed by atoms with Crippen molar-refractivity contribution in [2.45, 2.75) is 0 Å². The van der Waals surface area contributed by atoms with Gasteiger partial charge in [0.25, 0.3) is 0 Å². The highest BCUT2D eigenvalue weighted by molar-refractivity contribution is 9.10. The highest BCUT2D eigenvalue weighted by atomic mass is 79.9. The van der Waals surface area contributed by atoms with Crippen molar-refractivity contribution in [2.75, 3.05) is 7.11 Å². The summed E-state index contributed by atoms with van der Waals surface area (Å²) in [5.74, 6) is 0. The SMILES string of the molecule is CO/C=C\c1cccnc1Br. The smallest absolute Gasteiger partial charge is 0.113 e. The van der Waals surface area contributed by atoms with E-state index in [1.54, 1.807) is 19.6 Å². The second-order valence-electron chi connectivity index (χ2n) is 1.92. The molecule has 0 N–H and O–H groups in total. The van der Waals surface area contributed by atoms with Gasteiger partial charge in [0, 0.05) is 11.8 Å². The molecule has 1 aromatic rings. The van der Waals surface area contributed by atoms with Crippen molar-refractivity contribution in [1.82, 2.24) is 4.98 Å². The normalized spacial score (nSPS) is 10.4. The molecule has 1 rings (SSSR count). The number of hydrogen-bond acceptors (Lipinski definition) is 2. The number of ether oxygens (including phenoxy) is 1. The van der Waals surface area contributed by atoms with E-state index in [0.717, 1.165) is 10.2 Å². The Morgan fingerprint density at radius 3 is 3.09 bits per heavy atom. The Morgan fingerprint density at radius 2 is 2.45 bits per heavy atom. The average Bonchev–Trinajstić information content (AvgIpc) is 2.03. The van der Waals surface area contributed by atoms with Gasteiger partial charge >= 0.3 is 0 Å². The summed E-state index contributed by atoms with van der Waals surface area (Å²) in [5, 5.41) is 0. The van der Waals surface area contributed by atoms with E-state index in [1.165, 1.54) is 0 Å². The summed E-state index contributed by atoms with van der Waals surface area (Å²) < 4.78 is 5.60. The number of aromatic nitrogens is 1. The van der Waals surface area contributed by atoms with Crippen LogP contribution >= 0.6 is 15.9 Å². The first-order chi connectivity index (χ1) is 5.34. The van der Waals surface area contributed by atoms with E-state index in [4.69, 9.17) is 4.74 Å². The molecule has 0 bridgehead atoms. The molecule has 0 spiro atoms. The monoisotopic (exact) mass is 213 g/mol. The van der Waals surface area contributed by atoms with E-state index >= 15 is 0 Å². The van der Waals surface area contributed by atoms with Crippen molar-refractivity contribution in [3.05, 3.63) is 34.8 Å². The Bertz CT molecular complexity index is 260. The van der Waals surface area contributed by atoms with Gasteiger partial charge in [0.1, 0.15) is 4.60 Å². The topological polar surface area (TPSA) is 22.1 Å². The molecule has 1 aromatic heterocycles. The summed E-state index contributed by atoms with van der Waals surface area (Å²) in [7, 11) is 1.61. The van der Waals surface area contributed by atoms with Crippen LogP contribution in [0.25, 0.3) is 6.08 Å². The third kappa shape index (κ3) is 2.35. The molecule has 0 atom stereocenters. The Morgan fingerprint density at radius 1 is 1.64 bits per heavy atom. The molecule has 0 unspecified atom stereocenters. The molecule has 0 radical (unpaired) electrons. The molecule has 0 aromatic carbocycles. The van der Waals surface area contributed by atoms with Crippen LogP contribution < -0.4 is 0 Å². The summed E-state index contributed by atoms with van der Waals surface area (Å²) in [6.07, 6.45) is 5.19. The largest absolute Gasteiger partial charge is 0.504 e. The van der Waals surface area contributed by atoms with Crippen LogP contribution in [0, 0.1) is 0 Å². The van der Waals surface area contributed by atoms with Gasteiger partial charge in [-0.25, -0.2) is 4.98 Å². The van der Waals surface area contributed by atoms with Gasteiger partial charge in [0.05, 0.1) is 13.4 Å². The van der Waals surface area contributed by atoms with Crippen LogP contribution in [0.1, 0.15) is 5.56 Å². The minimum atomic E-state index is 0.827. The Hall–Kier alpha value is -0.830. The second-order valence-corrected chi connectivity index (χ2v) is 2.67. The Balaban J connectivity index is 2.86. The molecule has 3 heteroatoms. The molecular weight excluding hydrogens is 206 g/mol. The highest BCUT2D eigenvalue weighted by Gasteiger charge is 1.92. The van der Waals surface area contributed by atoms with Crippen LogP contribution in [0.4, 0.5) is 0 Å². The lowest BCUT2D eigenvalue weighted by Gasteiger charge is -1.94. The predicted molar refractivity (Wildman–Crippen MR) is 48.0 cm³/mol. The third-order valence-electron chi connectivity index (χ3n) is 1.17. The first kappa shape index (κ1) is 8.27. The van der Waals surface area contributed by atoms with Crippen molar-refractivity contribution >= 4 is 22.0 Å². The van der Waals surface area contributed by atoms with E-state index in [9.17, 15) is 0 Å². The number of nitrogens with zero attached hydrogens (tertiary/aromatic N) is 1. The molecule has 0 aliphatic heterocycles. The Labute approximate surface area is 74.0 Å². The van der Waals surface area contributed by atoms with Gasteiger partial charge in [-0.15, -0.1) is 0 Å². The maximum Gasteiger partial charge on any atom is 0.113 e. The Kier molecular flexibility index (Phi) is 3.11. The van der Waals surface area contributed by atoms with Gasteiger partial charge in [-0.05, 0) is 28.1 Å². The molecule has 11 heavy (non-hydrogen) atoms. The lowest BCUT2D eigenvalue weighted by Crippen LogP contribution is -1.78. The molecule has 0 fully saturated rings. The van der Waals surface area contributed by atoms with Gasteiger partial charge in [0.2, 0.25) is 0 Å². The van der Waals surface area contributed by atoms with Crippen LogP contribution in [0.5, 0.6) is 0 Å². The fourth-order valence-electron chi connectivity index (χ4n) is 0.664. The number of hydrogen-bond donors (Lipinski definition) is 0. The molecule has 58 valence electrons. The van der Waals surface area contributed by atoms with Gasteiger partial charge < -0.3 is 4.74 Å². The van der Waals surface area contributed by atoms with Crippen molar-refractivity contribution in [2.24, 2.45) is 0 Å². The fourth-order valence-corrected chi connectivity index (χ4v) is 1.05. The predicted octanol–water partition coefficient (Wildman–Crippen LogP) is 2.46. The standard InChI is InChI=1S/C8H8BrNO/c1-11-6-4-7-3-2-5-10-8(7)9/h2-6H,1H3/b6-4-. The van der Waals surface area contributed by atoms with Gasteiger partial charge in [0.15, 0.2) is 0 Å². The molecule has 0 aliphatic carbocycles. The number of methoxy groups -OCH3 is 1. The van der Waals surface area contributed by atoms with Gasteiger partial charge in [-0.3, -0.25) is 0 Å². The van der Waals surface area contributed by atoms with Crippen molar-refractivity contribution in [3.8, 4) is 0 Å². The zero-order valence-corrected chi connectivity index (χ0v) is 7.71. The zero-order valence-electron chi connectivity index (χ0n) is 6.12. The van der Waals surface area contributed by atoms with E-state index in [0.29, 0.717) is 0 Å². The minimum absolute atomic E-state index is 0.827. The molecule has 1 heterocycles. The van der Waals surface area contributed by atoms with Crippen molar-refractivity contribution in [3.63, 3.8) is 0 Å². The van der Waals surface area contributed by atoms with Crippen LogP contribution in [-0.2, 0) is 4.74 Å². The molecule has 0 saturated carbocycles. The quantitative estimate of drug-likeness (QED) is 0.557. The third-order valence-corrected chi connectivity index (χ3v) is 1.83. The number of pyridine rings is 1. The first-order valence-corrected chi connectivity index (χ1v) is 3.94. The van der Waals surface area contributed by atoms with E-state index in [2.05, 4.69) is 20.9 Å². The molecular formula is C8H8BrNO. The average molecular weight is 214 g/mol. The minimum Gasteiger partial charge on any atom is -0.504 e. The maximum atomic E-state index is 4.77. The van der Waals surface area contributed by atoms with E-state index < -0.39 is 0 Å². The van der Waals surface area contributed by atoms with Gasteiger partial charge in [-0.1, -0.05) is 6.07 Å². The molecule has 0 saturated heterocycles. The molecule has 2 nitrogen and oxygen atoms in total. The van der Waals surface area contributed by atoms with Crippen LogP contribution in [0.3, 0.4) is 0 Å². The van der Waals surface area contributed by atoms with E-state index in [1.807, 2.05) is 18.2 Å². The molecule has 0 aliphatic rings. The van der Waals surface area contributed by atoms with Gasteiger partial charge in [-0.2, -0.15) is 0 Å². The lowest BCUT2D eigenvalue weighted by atomic mass is 10.3. The van der Waals surface area contributed by atoms with Crippen LogP contribution in [0.15, 0.2) is 29.2 Å². The lowest BCUT2D eigenvalue weighted by molar-refractivity contribution is 0.341. The second kappa shape index (κ2) is 4.13. The fraction of sp³-hybridized carbons (Fsp3) is 0.125. The summed E-state index contributed by atoms with van der Waals surface area (Å²) in [6, 6.07) is 3.83.